The smallest absolute Gasteiger partial charge is 0.101 e. The normalized spacial score (nSPS) is 13.3. The Morgan fingerprint density at radius 1 is 0.913 bits per heavy atom. The molecule has 2 nitrogen and oxygen atoms in total. The van der Waals surface area contributed by atoms with Crippen LogP contribution in [0.25, 0.3) is 0 Å². The van der Waals surface area contributed by atoms with Gasteiger partial charge in [0.2, 0.25) is 0 Å². The first-order valence-corrected chi connectivity index (χ1v) is 8.49. The van der Waals surface area contributed by atoms with Crippen molar-refractivity contribution in [3.8, 4) is 0 Å². The van der Waals surface area contributed by atoms with Gasteiger partial charge in [-0.15, -0.1) is 0 Å². The minimum absolute atomic E-state index is 0.166. The van der Waals surface area contributed by atoms with Crippen molar-refractivity contribution in [2.24, 2.45) is 16.6 Å². The zero-order valence-corrected chi connectivity index (χ0v) is 14.5. The fraction of sp³-hybridized carbons (Fsp3) is 0.381. The lowest BCUT2D eigenvalue weighted by atomic mass is 9.96. The molecule has 0 spiro atoms. The number of rotatable bonds is 7. The zero-order valence-electron chi connectivity index (χ0n) is 14.5. The highest BCUT2D eigenvalue weighted by atomic mass is 14.9. The second-order valence-electron chi connectivity index (χ2n) is 6.60. The van der Waals surface area contributed by atoms with E-state index in [0.29, 0.717) is 5.92 Å². The first-order chi connectivity index (χ1) is 11.1. The highest BCUT2D eigenvalue weighted by molar-refractivity contribution is 5.87. The van der Waals surface area contributed by atoms with E-state index in [1.165, 1.54) is 16.7 Å². The van der Waals surface area contributed by atoms with Crippen molar-refractivity contribution in [1.29, 1.82) is 0 Å². The van der Waals surface area contributed by atoms with Crippen LogP contribution in [0.15, 0.2) is 59.6 Å². The first kappa shape index (κ1) is 17.3. The molecule has 0 bridgehead atoms. The minimum Gasteiger partial charge on any atom is -0.387 e. The molecule has 0 amide bonds. The lowest BCUT2D eigenvalue weighted by molar-refractivity contribution is 0.647. The molecule has 2 heteroatoms. The van der Waals surface area contributed by atoms with Crippen LogP contribution in [0.2, 0.25) is 0 Å². The Morgan fingerprint density at radius 2 is 1.57 bits per heavy atom. The van der Waals surface area contributed by atoms with Gasteiger partial charge in [0, 0.05) is 12.5 Å². The topological polar surface area (TPSA) is 38.4 Å². The van der Waals surface area contributed by atoms with E-state index >= 15 is 0 Å². The second kappa shape index (κ2) is 8.52. The molecule has 0 saturated heterocycles. The number of benzene rings is 2. The van der Waals surface area contributed by atoms with Crippen LogP contribution in [0.4, 0.5) is 0 Å². The van der Waals surface area contributed by atoms with E-state index in [-0.39, 0.29) is 5.92 Å². The van der Waals surface area contributed by atoms with E-state index in [1.54, 1.807) is 0 Å². The van der Waals surface area contributed by atoms with E-state index in [1.807, 2.05) is 6.07 Å². The fourth-order valence-electron chi connectivity index (χ4n) is 2.68. The lowest BCUT2D eigenvalue weighted by Crippen LogP contribution is -2.20. The van der Waals surface area contributed by atoms with Crippen LogP contribution in [0.5, 0.6) is 0 Å². The third-order valence-electron chi connectivity index (χ3n) is 4.10. The van der Waals surface area contributed by atoms with Crippen LogP contribution in [-0.2, 0) is 12.8 Å². The number of nitrogens with two attached hydrogens (primary N) is 1. The molecular formula is C21H28N2. The summed E-state index contributed by atoms with van der Waals surface area (Å²) in [6, 6.07) is 19.2. The molecule has 23 heavy (non-hydrogen) atoms. The molecule has 0 heterocycles. The minimum atomic E-state index is 0.166. The molecule has 2 aromatic carbocycles. The molecule has 2 aromatic rings. The molecular weight excluding hydrogens is 280 g/mol. The average molecular weight is 308 g/mol. The first-order valence-electron chi connectivity index (χ1n) is 8.49. The predicted molar refractivity (Wildman–Crippen MR) is 100 cm³/mol. The van der Waals surface area contributed by atoms with Crippen LogP contribution < -0.4 is 5.73 Å². The van der Waals surface area contributed by atoms with Crippen molar-refractivity contribution < 1.29 is 0 Å². The molecule has 0 saturated carbocycles. The van der Waals surface area contributed by atoms with Gasteiger partial charge in [-0.3, -0.25) is 4.99 Å². The summed E-state index contributed by atoms with van der Waals surface area (Å²) in [6.07, 6.45) is 2.05. The largest absolute Gasteiger partial charge is 0.387 e. The molecule has 0 aliphatic heterocycles. The van der Waals surface area contributed by atoms with Crippen LogP contribution in [0, 0.1) is 5.92 Å². The van der Waals surface area contributed by atoms with Gasteiger partial charge in [-0.1, -0.05) is 75.4 Å². The second-order valence-corrected chi connectivity index (χ2v) is 6.60. The predicted octanol–water partition coefficient (Wildman–Crippen LogP) is 4.59. The Hall–Kier alpha value is -2.09. The van der Waals surface area contributed by atoms with Crippen LogP contribution >= 0.6 is 0 Å². The van der Waals surface area contributed by atoms with Gasteiger partial charge >= 0.3 is 0 Å². The van der Waals surface area contributed by atoms with E-state index in [0.717, 1.165) is 25.2 Å². The van der Waals surface area contributed by atoms with Gasteiger partial charge in [-0.25, -0.2) is 0 Å². The summed E-state index contributed by atoms with van der Waals surface area (Å²) >= 11 is 0. The van der Waals surface area contributed by atoms with Crippen molar-refractivity contribution in [3.05, 3.63) is 71.3 Å². The molecule has 0 radical (unpaired) electrons. The van der Waals surface area contributed by atoms with Crippen LogP contribution in [-0.4, -0.2) is 12.4 Å². The Morgan fingerprint density at radius 3 is 2.17 bits per heavy atom. The van der Waals surface area contributed by atoms with Gasteiger partial charge < -0.3 is 5.73 Å². The van der Waals surface area contributed by atoms with Crippen LogP contribution in [0.1, 0.15) is 43.4 Å². The van der Waals surface area contributed by atoms with E-state index in [9.17, 15) is 0 Å². The number of hydrogen-bond acceptors (Lipinski definition) is 1. The molecule has 2 rings (SSSR count). The van der Waals surface area contributed by atoms with Crippen molar-refractivity contribution in [1.82, 2.24) is 0 Å². The molecule has 0 unspecified atom stereocenters. The Kier molecular flexibility index (Phi) is 6.40. The maximum Gasteiger partial charge on any atom is 0.101 e. The van der Waals surface area contributed by atoms with E-state index < -0.39 is 0 Å². The monoisotopic (exact) mass is 308 g/mol. The van der Waals surface area contributed by atoms with Crippen molar-refractivity contribution in [2.45, 2.75) is 39.5 Å². The standard InChI is InChI=1S/C21H28N2/c1-16(2)15-19-9-11-20(12-10-19)17(3)21(22)23-14-13-18-7-5-4-6-8-18/h4-12,16-17H,13-15H2,1-3H3,(H2,22,23)/t17-/m0/s1. The SMILES string of the molecule is CC(C)Cc1ccc([C@H](C)C(N)=NCCc2ccccc2)cc1. The highest BCUT2D eigenvalue weighted by Crippen LogP contribution is 2.18. The fourth-order valence-corrected chi connectivity index (χ4v) is 2.68. The molecule has 0 fully saturated rings. The summed E-state index contributed by atoms with van der Waals surface area (Å²) in [5, 5.41) is 0. The maximum absolute atomic E-state index is 6.18. The summed E-state index contributed by atoms with van der Waals surface area (Å²) in [4.78, 5) is 4.56. The average Bonchev–Trinajstić information content (AvgIpc) is 2.55. The summed E-state index contributed by atoms with van der Waals surface area (Å²) in [6.45, 7) is 7.35. The summed E-state index contributed by atoms with van der Waals surface area (Å²) in [7, 11) is 0. The van der Waals surface area contributed by atoms with Crippen molar-refractivity contribution in [3.63, 3.8) is 0 Å². The highest BCUT2D eigenvalue weighted by Gasteiger charge is 2.10. The van der Waals surface area contributed by atoms with Crippen molar-refractivity contribution >= 4 is 5.84 Å². The van der Waals surface area contributed by atoms with E-state index in [4.69, 9.17) is 5.73 Å². The zero-order chi connectivity index (χ0) is 16.7. The molecule has 1 atom stereocenters. The molecule has 2 N–H and O–H groups in total. The summed E-state index contributed by atoms with van der Waals surface area (Å²) < 4.78 is 0. The molecule has 122 valence electrons. The maximum atomic E-state index is 6.18. The van der Waals surface area contributed by atoms with Crippen molar-refractivity contribution in [2.75, 3.05) is 6.54 Å². The Labute approximate surface area is 140 Å². The quantitative estimate of drug-likeness (QED) is 0.589. The molecule has 0 aromatic heterocycles. The van der Waals surface area contributed by atoms with E-state index in [2.05, 4.69) is 74.3 Å². The Bertz CT molecular complexity index is 612. The van der Waals surface area contributed by atoms with Gasteiger partial charge in [0.25, 0.3) is 0 Å². The Balaban J connectivity index is 1.93. The molecule has 0 aliphatic carbocycles. The van der Waals surface area contributed by atoms with Gasteiger partial charge in [-0.05, 0) is 35.4 Å². The number of hydrogen-bond donors (Lipinski definition) is 1. The van der Waals surface area contributed by atoms with Gasteiger partial charge in [-0.2, -0.15) is 0 Å². The number of amidine groups is 1. The lowest BCUT2D eigenvalue weighted by Gasteiger charge is -2.13. The van der Waals surface area contributed by atoms with Crippen LogP contribution in [0.3, 0.4) is 0 Å². The molecule has 0 aliphatic rings. The summed E-state index contributed by atoms with van der Waals surface area (Å²) in [5.41, 5.74) is 10.1. The number of aliphatic imine (C=N–C) groups is 1. The number of nitrogens with zero attached hydrogens (tertiary/aromatic N) is 1. The van der Waals surface area contributed by atoms with Gasteiger partial charge in [0.1, 0.15) is 5.84 Å². The van der Waals surface area contributed by atoms with Gasteiger partial charge in [0.15, 0.2) is 0 Å². The third kappa shape index (κ3) is 5.55. The third-order valence-corrected chi connectivity index (χ3v) is 4.10. The summed E-state index contributed by atoms with van der Waals surface area (Å²) in [5.74, 6) is 1.57. The van der Waals surface area contributed by atoms with Gasteiger partial charge in [0.05, 0.1) is 0 Å².